The van der Waals surface area contributed by atoms with Crippen LogP contribution in [0.3, 0.4) is 0 Å². The molecule has 7 heteroatoms. The van der Waals surface area contributed by atoms with Gasteiger partial charge in [-0.25, -0.2) is 4.39 Å². The summed E-state index contributed by atoms with van der Waals surface area (Å²) in [5.74, 6) is -0.657. The molecule has 1 aliphatic rings. The molecule has 3 rings (SSSR count). The molecule has 142 valence electrons. The number of hydrogen-bond donors (Lipinski definition) is 2. The monoisotopic (exact) mass is 372 g/mol. The van der Waals surface area contributed by atoms with Crippen LogP contribution in [0, 0.1) is 5.82 Å². The van der Waals surface area contributed by atoms with Crippen molar-refractivity contribution < 1.29 is 23.5 Å². The second-order valence-corrected chi connectivity index (χ2v) is 6.28. The highest BCUT2D eigenvalue weighted by atomic mass is 19.1. The molecular weight excluding hydrogens is 351 g/mol. The van der Waals surface area contributed by atoms with Crippen LogP contribution in [0.25, 0.3) is 0 Å². The van der Waals surface area contributed by atoms with E-state index in [9.17, 15) is 14.0 Å². The largest absolute Gasteiger partial charge is 0.491 e. The molecule has 27 heavy (non-hydrogen) atoms. The fourth-order valence-corrected chi connectivity index (χ4v) is 2.72. The molecule has 1 fully saturated rings. The molecule has 2 N–H and O–H groups in total. The SMILES string of the molecule is O=C(Cc1ccc(F)cc1)NNC(=O)c1cccc(OCC2CCCO2)c1. The average molecular weight is 372 g/mol. The first kappa shape index (κ1) is 18.8. The van der Waals surface area contributed by atoms with E-state index in [0.717, 1.165) is 19.4 Å². The summed E-state index contributed by atoms with van der Waals surface area (Å²) in [5.41, 5.74) is 5.72. The number of hydrazine groups is 1. The van der Waals surface area contributed by atoms with Crippen molar-refractivity contribution in [2.45, 2.75) is 25.4 Å². The molecule has 0 bridgehead atoms. The molecule has 1 atom stereocenters. The van der Waals surface area contributed by atoms with Crippen LogP contribution in [0.15, 0.2) is 48.5 Å². The lowest BCUT2D eigenvalue weighted by Gasteiger charge is -2.12. The molecular formula is C20H21FN2O4. The number of amides is 2. The van der Waals surface area contributed by atoms with Gasteiger partial charge in [-0.05, 0) is 48.7 Å². The number of halogens is 1. The van der Waals surface area contributed by atoms with Crippen LogP contribution in [0.1, 0.15) is 28.8 Å². The number of nitrogens with one attached hydrogen (secondary N) is 2. The van der Waals surface area contributed by atoms with Crippen molar-refractivity contribution in [1.29, 1.82) is 0 Å². The summed E-state index contributed by atoms with van der Waals surface area (Å²) in [6.07, 6.45) is 2.13. The first-order valence-electron chi connectivity index (χ1n) is 8.78. The summed E-state index contributed by atoms with van der Waals surface area (Å²) in [6, 6.07) is 12.3. The highest BCUT2D eigenvalue weighted by Gasteiger charge is 2.16. The van der Waals surface area contributed by atoms with Crippen molar-refractivity contribution in [2.75, 3.05) is 13.2 Å². The number of carbonyl (C=O) groups excluding carboxylic acids is 2. The molecule has 2 amide bonds. The summed E-state index contributed by atoms with van der Waals surface area (Å²) in [6.45, 7) is 1.20. The minimum atomic E-state index is -0.454. The number of benzene rings is 2. The summed E-state index contributed by atoms with van der Waals surface area (Å²) in [4.78, 5) is 24.1. The van der Waals surface area contributed by atoms with E-state index < -0.39 is 11.8 Å². The highest BCUT2D eigenvalue weighted by Crippen LogP contribution is 2.17. The Hall–Kier alpha value is -2.93. The van der Waals surface area contributed by atoms with E-state index >= 15 is 0 Å². The van der Waals surface area contributed by atoms with Crippen molar-refractivity contribution in [2.24, 2.45) is 0 Å². The minimum absolute atomic E-state index is 0.0328. The maximum Gasteiger partial charge on any atom is 0.269 e. The van der Waals surface area contributed by atoms with Crippen LogP contribution in [0.2, 0.25) is 0 Å². The van der Waals surface area contributed by atoms with Crippen molar-refractivity contribution in [3.05, 3.63) is 65.5 Å². The van der Waals surface area contributed by atoms with Gasteiger partial charge in [-0.2, -0.15) is 0 Å². The molecule has 2 aromatic carbocycles. The average Bonchev–Trinajstić information content (AvgIpc) is 3.20. The van der Waals surface area contributed by atoms with E-state index in [4.69, 9.17) is 9.47 Å². The van der Waals surface area contributed by atoms with Crippen LogP contribution in [0.5, 0.6) is 5.75 Å². The minimum Gasteiger partial charge on any atom is -0.491 e. The predicted octanol–water partition coefficient (Wildman–Crippen LogP) is 2.39. The lowest BCUT2D eigenvalue weighted by Crippen LogP contribution is -2.42. The number of rotatable bonds is 6. The molecule has 0 aliphatic carbocycles. The lowest BCUT2D eigenvalue weighted by atomic mass is 10.1. The molecule has 0 spiro atoms. The van der Waals surface area contributed by atoms with Gasteiger partial charge >= 0.3 is 0 Å². The highest BCUT2D eigenvalue weighted by molar-refractivity contribution is 5.95. The van der Waals surface area contributed by atoms with Crippen LogP contribution >= 0.6 is 0 Å². The molecule has 1 unspecified atom stereocenters. The third-order valence-corrected chi connectivity index (χ3v) is 4.15. The Bertz CT molecular complexity index is 789. The van der Waals surface area contributed by atoms with E-state index in [2.05, 4.69) is 10.9 Å². The van der Waals surface area contributed by atoms with E-state index in [1.54, 1.807) is 24.3 Å². The summed E-state index contributed by atoms with van der Waals surface area (Å²) >= 11 is 0. The fourth-order valence-electron chi connectivity index (χ4n) is 2.72. The zero-order valence-corrected chi connectivity index (χ0v) is 14.7. The van der Waals surface area contributed by atoms with Gasteiger partial charge in [0.05, 0.1) is 12.5 Å². The van der Waals surface area contributed by atoms with Crippen LogP contribution in [-0.4, -0.2) is 31.1 Å². The van der Waals surface area contributed by atoms with Crippen LogP contribution in [0.4, 0.5) is 4.39 Å². The first-order valence-corrected chi connectivity index (χ1v) is 8.78. The van der Waals surface area contributed by atoms with Gasteiger partial charge in [0.25, 0.3) is 5.91 Å². The molecule has 0 saturated carbocycles. The van der Waals surface area contributed by atoms with E-state index in [0.29, 0.717) is 23.5 Å². The first-order chi connectivity index (χ1) is 13.1. The van der Waals surface area contributed by atoms with Gasteiger partial charge in [0.1, 0.15) is 18.2 Å². The Balaban J connectivity index is 1.47. The Morgan fingerprint density at radius 2 is 1.96 bits per heavy atom. The molecule has 0 aromatic heterocycles. The molecule has 1 heterocycles. The summed E-state index contributed by atoms with van der Waals surface area (Å²) < 4.78 is 24.0. The number of hydrogen-bond acceptors (Lipinski definition) is 4. The van der Waals surface area contributed by atoms with Gasteiger partial charge in [0, 0.05) is 12.2 Å². The zero-order valence-electron chi connectivity index (χ0n) is 14.7. The third-order valence-electron chi connectivity index (χ3n) is 4.15. The Morgan fingerprint density at radius 1 is 1.15 bits per heavy atom. The predicted molar refractivity (Wildman–Crippen MR) is 96.6 cm³/mol. The van der Waals surface area contributed by atoms with E-state index in [1.807, 2.05) is 0 Å². The van der Waals surface area contributed by atoms with Crippen LogP contribution < -0.4 is 15.6 Å². The topological polar surface area (TPSA) is 76.7 Å². The fraction of sp³-hybridized carbons (Fsp3) is 0.300. The van der Waals surface area contributed by atoms with Crippen LogP contribution in [-0.2, 0) is 16.0 Å². The zero-order chi connectivity index (χ0) is 19.1. The van der Waals surface area contributed by atoms with E-state index in [1.165, 1.54) is 24.3 Å². The Kier molecular flexibility index (Phi) is 6.38. The number of ether oxygens (including phenoxy) is 2. The lowest BCUT2D eigenvalue weighted by molar-refractivity contribution is -0.121. The van der Waals surface area contributed by atoms with Gasteiger partial charge in [0.2, 0.25) is 5.91 Å². The van der Waals surface area contributed by atoms with E-state index in [-0.39, 0.29) is 18.3 Å². The molecule has 2 aromatic rings. The number of carbonyl (C=O) groups is 2. The van der Waals surface area contributed by atoms with Gasteiger partial charge in [-0.1, -0.05) is 18.2 Å². The van der Waals surface area contributed by atoms with Crippen molar-refractivity contribution in [3.8, 4) is 5.75 Å². The standard InChI is InChI=1S/C20H21FN2O4/c21-16-8-6-14(7-9-16)11-19(24)22-23-20(25)15-3-1-4-17(12-15)27-13-18-5-2-10-26-18/h1,3-4,6-9,12,18H,2,5,10-11,13H2,(H,22,24)(H,23,25). The molecule has 0 radical (unpaired) electrons. The van der Waals surface area contributed by atoms with Gasteiger partial charge in [0.15, 0.2) is 0 Å². The summed E-state index contributed by atoms with van der Waals surface area (Å²) in [5, 5.41) is 0. The maximum absolute atomic E-state index is 12.9. The second-order valence-electron chi connectivity index (χ2n) is 6.28. The third kappa shape index (κ3) is 5.79. The van der Waals surface area contributed by atoms with Gasteiger partial charge in [-0.15, -0.1) is 0 Å². The smallest absolute Gasteiger partial charge is 0.269 e. The second kappa shape index (κ2) is 9.14. The normalized spacial score (nSPS) is 16.0. The van der Waals surface area contributed by atoms with Crippen molar-refractivity contribution in [1.82, 2.24) is 10.9 Å². The quantitative estimate of drug-likeness (QED) is 0.764. The molecule has 1 aliphatic heterocycles. The van der Waals surface area contributed by atoms with Gasteiger partial charge < -0.3 is 9.47 Å². The van der Waals surface area contributed by atoms with Gasteiger partial charge in [-0.3, -0.25) is 20.4 Å². The van der Waals surface area contributed by atoms with Crippen molar-refractivity contribution >= 4 is 11.8 Å². The Labute approximate surface area is 156 Å². The molecule has 6 nitrogen and oxygen atoms in total. The summed E-state index contributed by atoms with van der Waals surface area (Å²) in [7, 11) is 0. The molecule has 1 saturated heterocycles. The maximum atomic E-state index is 12.9. The van der Waals surface area contributed by atoms with Crippen molar-refractivity contribution in [3.63, 3.8) is 0 Å². The Morgan fingerprint density at radius 3 is 2.70 bits per heavy atom.